The summed E-state index contributed by atoms with van der Waals surface area (Å²) < 4.78 is 6.03. The highest BCUT2D eigenvalue weighted by molar-refractivity contribution is 6.33. The average Bonchev–Trinajstić information content (AvgIpc) is 3.28. The van der Waals surface area contributed by atoms with Crippen molar-refractivity contribution in [2.24, 2.45) is 0 Å². The molecule has 148 valence electrons. The molecule has 2 aliphatic heterocycles. The van der Waals surface area contributed by atoms with Gasteiger partial charge in [0.25, 0.3) is 0 Å². The predicted octanol–water partition coefficient (Wildman–Crippen LogP) is 5.13. The van der Waals surface area contributed by atoms with E-state index in [2.05, 4.69) is 23.1 Å². The molecule has 29 heavy (non-hydrogen) atoms. The number of ketones is 1. The second-order valence-corrected chi connectivity index (χ2v) is 8.27. The zero-order valence-corrected chi connectivity index (χ0v) is 16.8. The van der Waals surface area contributed by atoms with E-state index in [4.69, 9.17) is 16.3 Å². The molecule has 1 fully saturated rings. The van der Waals surface area contributed by atoms with Crippen molar-refractivity contribution in [2.75, 3.05) is 13.1 Å². The molecule has 0 atom stereocenters. The molecular weight excluding hydrogens is 386 g/mol. The molecule has 0 bridgehead atoms. The number of hydrogen-bond acceptors (Lipinski definition) is 4. The Balaban J connectivity index is 1.50. The fourth-order valence-electron chi connectivity index (χ4n) is 4.42. The lowest BCUT2D eigenvalue weighted by Gasteiger charge is -2.27. The maximum atomic E-state index is 13.0. The van der Waals surface area contributed by atoms with Crippen molar-refractivity contribution in [2.45, 2.75) is 32.2 Å². The normalized spacial score (nSPS) is 19.8. The lowest BCUT2D eigenvalue weighted by molar-refractivity contribution is 0.101. The second kappa shape index (κ2) is 7.36. The number of nitrogens with zero attached hydrogens (tertiary/aromatic N) is 1. The summed E-state index contributed by atoms with van der Waals surface area (Å²) in [5, 5.41) is 10.8. The van der Waals surface area contributed by atoms with Crippen LogP contribution in [0.15, 0.2) is 48.2 Å². The number of piperidine rings is 1. The maximum Gasteiger partial charge on any atom is 0.232 e. The standard InChI is InChI=1S/C24H22ClNO3/c25-20-13-18-23(28)21(12-16-9-8-15-6-2-3-7-17(15)16)29-24(18)19(22(20)27)14-26-10-4-1-5-11-26/h2-3,6-7,9,12-13,27H,1,4-5,8,10-11,14H2/b21-12-. The number of hydrogen-bond donors (Lipinski definition) is 1. The second-order valence-electron chi connectivity index (χ2n) is 7.86. The highest BCUT2D eigenvalue weighted by atomic mass is 35.5. The average molecular weight is 408 g/mol. The Morgan fingerprint density at radius 2 is 1.93 bits per heavy atom. The van der Waals surface area contributed by atoms with Crippen molar-refractivity contribution in [3.63, 3.8) is 0 Å². The minimum Gasteiger partial charge on any atom is -0.506 e. The van der Waals surface area contributed by atoms with Crippen molar-refractivity contribution in [1.29, 1.82) is 0 Å². The maximum absolute atomic E-state index is 13.0. The molecule has 2 aromatic carbocycles. The molecule has 4 nitrogen and oxygen atoms in total. The van der Waals surface area contributed by atoms with Gasteiger partial charge in [0.05, 0.1) is 16.1 Å². The van der Waals surface area contributed by atoms with Gasteiger partial charge in [0.2, 0.25) is 5.78 Å². The van der Waals surface area contributed by atoms with Crippen LogP contribution in [0.25, 0.3) is 5.57 Å². The highest BCUT2D eigenvalue weighted by Gasteiger charge is 2.34. The van der Waals surface area contributed by atoms with Crippen LogP contribution < -0.4 is 4.74 Å². The van der Waals surface area contributed by atoms with Gasteiger partial charge >= 0.3 is 0 Å². The molecule has 2 heterocycles. The summed E-state index contributed by atoms with van der Waals surface area (Å²) in [4.78, 5) is 15.3. The number of phenolic OH excluding ortho intramolecular Hbond substituents is 1. The van der Waals surface area contributed by atoms with Gasteiger partial charge in [0, 0.05) is 6.54 Å². The molecule has 0 spiro atoms. The number of carbonyl (C=O) groups excluding carboxylic acids is 1. The molecule has 3 aliphatic rings. The van der Waals surface area contributed by atoms with E-state index >= 15 is 0 Å². The molecule has 0 unspecified atom stereocenters. The Morgan fingerprint density at radius 3 is 2.76 bits per heavy atom. The highest BCUT2D eigenvalue weighted by Crippen LogP contribution is 2.44. The quantitative estimate of drug-likeness (QED) is 0.716. The summed E-state index contributed by atoms with van der Waals surface area (Å²) in [6, 6.07) is 9.69. The van der Waals surface area contributed by atoms with E-state index in [1.165, 1.54) is 18.1 Å². The van der Waals surface area contributed by atoms with Gasteiger partial charge in [0.1, 0.15) is 11.5 Å². The van der Waals surface area contributed by atoms with Crippen LogP contribution in [0, 0.1) is 0 Å². The summed E-state index contributed by atoms with van der Waals surface area (Å²) in [6.07, 6.45) is 8.28. The molecular formula is C24H22ClNO3. The fourth-order valence-corrected chi connectivity index (χ4v) is 4.64. The summed E-state index contributed by atoms with van der Waals surface area (Å²) >= 11 is 6.26. The van der Waals surface area contributed by atoms with Gasteiger partial charge in [-0.2, -0.15) is 0 Å². The molecule has 0 amide bonds. The zero-order chi connectivity index (χ0) is 20.0. The number of phenols is 1. The first kappa shape index (κ1) is 18.5. The van der Waals surface area contributed by atoms with E-state index in [1.54, 1.807) is 0 Å². The van der Waals surface area contributed by atoms with Crippen LogP contribution in [-0.4, -0.2) is 28.9 Å². The largest absolute Gasteiger partial charge is 0.506 e. The third kappa shape index (κ3) is 3.26. The minimum atomic E-state index is -0.188. The van der Waals surface area contributed by atoms with Gasteiger partial charge in [-0.3, -0.25) is 9.69 Å². The van der Waals surface area contributed by atoms with Crippen LogP contribution in [0.5, 0.6) is 11.5 Å². The summed E-state index contributed by atoms with van der Waals surface area (Å²) in [6.45, 7) is 2.48. The van der Waals surface area contributed by atoms with Gasteiger partial charge in [-0.25, -0.2) is 0 Å². The van der Waals surface area contributed by atoms with E-state index in [9.17, 15) is 9.90 Å². The van der Waals surface area contributed by atoms with Gasteiger partial charge in [-0.1, -0.05) is 48.4 Å². The monoisotopic (exact) mass is 407 g/mol. The number of fused-ring (bicyclic) bond motifs is 2. The van der Waals surface area contributed by atoms with Gasteiger partial charge in [0.15, 0.2) is 5.76 Å². The SMILES string of the molecule is O=C1/C(=C/C2=CCc3ccccc32)Oc2c1cc(Cl)c(O)c2CN1CCCCC1. The number of carbonyl (C=O) groups is 1. The summed E-state index contributed by atoms with van der Waals surface area (Å²) in [5.74, 6) is 0.549. The van der Waals surface area contributed by atoms with Crippen LogP contribution in [0.3, 0.4) is 0 Å². The van der Waals surface area contributed by atoms with Crippen molar-refractivity contribution in [1.82, 2.24) is 4.90 Å². The van der Waals surface area contributed by atoms with Crippen LogP contribution in [-0.2, 0) is 13.0 Å². The van der Waals surface area contributed by atoms with Gasteiger partial charge < -0.3 is 9.84 Å². The van der Waals surface area contributed by atoms with E-state index in [-0.39, 0.29) is 22.3 Å². The number of likely N-dealkylation sites (tertiary alicyclic amines) is 1. The topological polar surface area (TPSA) is 49.8 Å². The number of benzene rings is 2. The molecule has 0 radical (unpaired) electrons. The number of ether oxygens (including phenoxy) is 1. The number of Topliss-reactive ketones (excluding diaryl/α,β-unsaturated/α-hetero) is 1. The number of halogens is 1. The molecule has 0 saturated carbocycles. The first-order valence-electron chi connectivity index (χ1n) is 10.1. The molecule has 5 heteroatoms. The van der Waals surface area contributed by atoms with Crippen molar-refractivity contribution in [3.8, 4) is 11.5 Å². The number of allylic oxidation sites excluding steroid dienone is 4. The molecule has 2 aromatic rings. The Labute approximate surface area is 175 Å². The Morgan fingerprint density at radius 1 is 1.14 bits per heavy atom. The third-order valence-electron chi connectivity index (χ3n) is 5.97. The molecule has 1 N–H and O–H groups in total. The Kier molecular flexibility index (Phi) is 4.69. The van der Waals surface area contributed by atoms with Gasteiger partial charge in [-0.05, 0) is 61.2 Å². The smallest absolute Gasteiger partial charge is 0.232 e. The van der Waals surface area contributed by atoms with Crippen LogP contribution >= 0.6 is 11.6 Å². The molecule has 5 rings (SSSR count). The van der Waals surface area contributed by atoms with E-state index in [0.717, 1.165) is 43.5 Å². The molecule has 0 aromatic heterocycles. The Hall–Kier alpha value is -2.56. The first-order chi connectivity index (χ1) is 14.1. The van der Waals surface area contributed by atoms with E-state index < -0.39 is 0 Å². The summed E-state index contributed by atoms with van der Waals surface area (Å²) in [5.41, 5.74) is 4.39. The number of rotatable bonds is 3. The van der Waals surface area contributed by atoms with Crippen LogP contribution in [0.4, 0.5) is 0 Å². The van der Waals surface area contributed by atoms with E-state index in [1.807, 2.05) is 18.2 Å². The summed E-state index contributed by atoms with van der Waals surface area (Å²) in [7, 11) is 0. The number of aromatic hydroxyl groups is 1. The van der Waals surface area contributed by atoms with Crippen molar-refractivity contribution in [3.05, 3.63) is 75.5 Å². The Bertz CT molecular complexity index is 1060. The lowest BCUT2D eigenvalue weighted by atomic mass is 10.0. The first-order valence-corrected chi connectivity index (χ1v) is 10.5. The molecule has 1 aliphatic carbocycles. The lowest BCUT2D eigenvalue weighted by Crippen LogP contribution is -2.29. The zero-order valence-electron chi connectivity index (χ0n) is 16.1. The third-order valence-corrected chi connectivity index (χ3v) is 6.26. The van der Waals surface area contributed by atoms with Crippen molar-refractivity contribution < 1.29 is 14.6 Å². The minimum absolute atomic E-state index is 0.00969. The van der Waals surface area contributed by atoms with Crippen molar-refractivity contribution >= 4 is 23.0 Å². The van der Waals surface area contributed by atoms with Crippen LogP contribution in [0.1, 0.15) is 46.3 Å². The van der Waals surface area contributed by atoms with Crippen LogP contribution in [0.2, 0.25) is 5.02 Å². The molecule has 1 saturated heterocycles. The predicted molar refractivity (Wildman–Crippen MR) is 113 cm³/mol. The van der Waals surface area contributed by atoms with E-state index in [0.29, 0.717) is 23.4 Å². The fraction of sp³-hybridized carbons (Fsp3) is 0.292. The van der Waals surface area contributed by atoms with Gasteiger partial charge in [-0.15, -0.1) is 0 Å².